The molecular weight excluding hydrogens is 312 g/mol. The molecule has 24 heavy (non-hydrogen) atoms. The highest BCUT2D eigenvalue weighted by atomic mass is 16.1. The number of rotatable bonds is 9. The fourth-order valence-corrected chi connectivity index (χ4v) is 1.53. The Morgan fingerprint density at radius 1 is 0.583 bits per heavy atom. The Labute approximate surface area is 138 Å². The summed E-state index contributed by atoms with van der Waals surface area (Å²) < 4.78 is 0. The first-order valence-corrected chi connectivity index (χ1v) is 7.11. The molecule has 0 N–H and O–H groups in total. The van der Waals surface area contributed by atoms with Gasteiger partial charge in [-0.15, -0.1) is 0 Å². The molecule has 0 bridgehead atoms. The first-order valence-electron chi connectivity index (χ1n) is 7.11. The summed E-state index contributed by atoms with van der Waals surface area (Å²) in [7, 11) is 0. The van der Waals surface area contributed by atoms with Crippen molar-refractivity contribution in [1.82, 2.24) is 0 Å². The van der Waals surface area contributed by atoms with Crippen LogP contribution in [-0.2, 0) is 19.2 Å². The second-order valence-electron chi connectivity index (χ2n) is 4.28. The minimum absolute atomic E-state index is 0.481. The maximum Gasteiger partial charge on any atom is 0.240 e. The Hall–Kier alpha value is -3.26. The van der Waals surface area contributed by atoms with Crippen molar-refractivity contribution in [3.8, 4) is 0 Å². The van der Waals surface area contributed by atoms with E-state index in [-0.39, 0.29) is 0 Å². The van der Waals surface area contributed by atoms with Gasteiger partial charge in [0.1, 0.15) is 0 Å². The molecule has 8 heteroatoms. The molecule has 0 atom stereocenters. The molecule has 0 heterocycles. The van der Waals surface area contributed by atoms with E-state index in [4.69, 9.17) is 0 Å². The van der Waals surface area contributed by atoms with Crippen LogP contribution in [0, 0.1) is 0 Å². The predicted molar refractivity (Wildman–Crippen MR) is 86.5 cm³/mol. The maximum absolute atomic E-state index is 9.81. The lowest BCUT2D eigenvalue weighted by Gasteiger charge is -1.93. The highest BCUT2D eigenvalue weighted by molar-refractivity contribution is 5.55. The molecule has 0 saturated carbocycles. The number of nitrogens with zero attached hydrogens (tertiary/aromatic N) is 4. The molecule has 0 amide bonds. The van der Waals surface area contributed by atoms with Crippen molar-refractivity contribution in [2.24, 2.45) is 20.0 Å². The number of hydrogen-bond acceptors (Lipinski definition) is 8. The van der Waals surface area contributed by atoms with Crippen LogP contribution in [0.15, 0.2) is 44.2 Å². The first kappa shape index (κ1) is 20.7. The standard InChI is InChI=1S/C8H4N2O2.C8H12N2O2/c11-5-9-7-1-2-8(4-3-7)10-6-12;11-7-9-5-3-1-2-4-6-10-8-12/h1-4H;1-6H2. The zero-order valence-electron chi connectivity index (χ0n) is 13.0. The molecule has 0 fully saturated rings. The number of hydrogen-bond donors (Lipinski definition) is 0. The van der Waals surface area contributed by atoms with Crippen LogP contribution in [0.4, 0.5) is 11.4 Å². The third kappa shape index (κ3) is 12.5. The fourth-order valence-electron chi connectivity index (χ4n) is 1.53. The van der Waals surface area contributed by atoms with Gasteiger partial charge in [0.2, 0.25) is 24.3 Å². The molecule has 0 aliphatic carbocycles. The molecule has 0 radical (unpaired) electrons. The summed E-state index contributed by atoms with van der Waals surface area (Å²) in [6.45, 7) is 1.11. The van der Waals surface area contributed by atoms with Crippen LogP contribution in [0.5, 0.6) is 0 Å². The average molecular weight is 328 g/mol. The summed E-state index contributed by atoms with van der Waals surface area (Å²) in [6.07, 6.45) is 9.61. The maximum atomic E-state index is 9.81. The lowest BCUT2D eigenvalue weighted by molar-refractivity contribution is 0.558. The van der Waals surface area contributed by atoms with Gasteiger partial charge in [0.05, 0.1) is 24.5 Å². The Kier molecular flexibility index (Phi) is 13.9. The van der Waals surface area contributed by atoms with Crippen LogP contribution in [-0.4, -0.2) is 37.4 Å². The van der Waals surface area contributed by atoms with Crippen LogP contribution in [0.1, 0.15) is 25.7 Å². The number of benzene rings is 1. The highest BCUT2D eigenvalue weighted by Gasteiger charge is 1.89. The van der Waals surface area contributed by atoms with E-state index in [1.807, 2.05) is 0 Å². The van der Waals surface area contributed by atoms with Crippen LogP contribution in [0.25, 0.3) is 0 Å². The zero-order chi connectivity index (χ0) is 17.9. The van der Waals surface area contributed by atoms with Crippen molar-refractivity contribution in [3.05, 3.63) is 24.3 Å². The highest BCUT2D eigenvalue weighted by Crippen LogP contribution is 2.17. The van der Waals surface area contributed by atoms with Crippen molar-refractivity contribution in [2.75, 3.05) is 13.1 Å². The Balaban J connectivity index is 0.000000441. The van der Waals surface area contributed by atoms with Crippen LogP contribution < -0.4 is 0 Å². The molecule has 8 nitrogen and oxygen atoms in total. The molecule has 1 aromatic rings. The molecule has 0 unspecified atom stereocenters. The second-order valence-corrected chi connectivity index (χ2v) is 4.28. The van der Waals surface area contributed by atoms with Gasteiger partial charge in [-0.2, -0.15) is 9.98 Å². The average Bonchev–Trinajstić information content (AvgIpc) is 2.60. The monoisotopic (exact) mass is 328 g/mol. The van der Waals surface area contributed by atoms with Crippen molar-refractivity contribution in [3.63, 3.8) is 0 Å². The number of isocyanates is 4. The summed E-state index contributed by atoms with van der Waals surface area (Å²) in [5.74, 6) is 0. The Morgan fingerprint density at radius 2 is 0.958 bits per heavy atom. The predicted octanol–water partition coefficient (Wildman–Crippen LogP) is 2.84. The summed E-state index contributed by atoms with van der Waals surface area (Å²) in [5, 5.41) is 0. The van der Waals surface area contributed by atoms with E-state index >= 15 is 0 Å². The van der Waals surface area contributed by atoms with Crippen molar-refractivity contribution < 1.29 is 19.2 Å². The van der Waals surface area contributed by atoms with Gasteiger partial charge < -0.3 is 0 Å². The Bertz CT molecular complexity index is 603. The lowest BCUT2D eigenvalue weighted by Crippen LogP contribution is -1.84. The van der Waals surface area contributed by atoms with Gasteiger partial charge in [0, 0.05) is 0 Å². The van der Waals surface area contributed by atoms with E-state index in [9.17, 15) is 19.2 Å². The molecule has 0 saturated heterocycles. The number of carbonyl (C=O) groups excluding carboxylic acids is 4. The van der Waals surface area contributed by atoms with Gasteiger partial charge in [0.15, 0.2) is 0 Å². The van der Waals surface area contributed by atoms with Gasteiger partial charge in [0.25, 0.3) is 0 Å². The zero-order valence-corrected chi connectivity index (χ0v) is 13.0. The minimum Gasteiger partial charge on any atom is -0.211 e. The molecule has 124 valence electrons. The summed E-state index contributed by atoms with van der Waals surface area (Å²) >= 11 is 0. The second kappa shape index (κ2) is 16.1. The first-order chi connectivity index (χ1) is 11.8. The largest absolute Gasteiger partial charge is 0.240 e. The fraction of sp³-hybridized carbons (Fsp3) is 0.375. The van der Waals surface area contributed by atoms with Crippen LogP contribution in [0.2, 0.25) is 0 Å². The van der Waals surface area contributed by atoms with Gasteiger partial charge in [-0.3, -0.25) is 0 Å². The van der Waals surface area contributed by atoms with E-state index in [0.717, 1.165) is 25.7 Å². The molecule has 0 aromatic heterocycles. The molecule has 0 aliphatic heterocycles. The van der Waals surface area contributed by atoms with Gasteiger partial charge in [-0.05, 0) is 37.1 Å². The van der Waals surface area contributed by atoms with E-state index < -0.39 is 0 Å². The molecule has 0 aliphatic rings. The van der Waals surface area contributed by atoms with Crippen LogP contribution in [0.3, 0.4) is 0 Å². The van der Waals surface area contributed by atoms with Crippen molar-refractivity contribution in [1.29, 1.82) is 0 Å². The van der Waals surface area contributed by atoms with Crippen molar-refractivity contribution in [2.45, 2.75) is 25.7 Å². The normalized spacial score (nSPS) is 8.17. The summed E-state index contributed by atoms with van der Waals surface area (Å²) in [5.41, 5.74) is 0.963. The van der Waals surface area contributed by atoms with Gasteiger partial charge >= 0.3 is 0 Å². The number of aliphatic imine (C=N–C) groups is 4. The third-order valence-corrected chi connectivity index (χ3v) is 2.62. The smallest absolute Gasteiger partial charge is 0.211 e. The molecular formula is C16H16N4O4. The van der Waals surface area contributed by atoms with Gasteiger partial charge in [-0.25, -0.2) is 29.2 Å². The SMILES string of the molecule is O=C=NCCCCCCN=C=O.O=C=Nc1ccc(N=C=O)cc1. The topological polar surface area (TPSA) is 118 Å². The number of unbranched alkanes of at least 4 members (excludes halogenated alkanes) is 3. The Morgan fingerprint density at radius 3 is 1.25 bits per heavy atom. The molecule has 1 rings (SSSR count). The van der Waals surface area contributed by atoms with E-state index in [1.165, 1.54) is 24.3 Å². The minimum atomic E-state index is 0.481. The van der Waals surface area contributed by atoms with Gasteiger partial charge in [-0.1, -0.05) is 12.8 Å². The van der Waals surface area contributed by atoms with E-state index in [1.54, 1.807) is 24.3 Å². The quantitative estimate of drug-likeness (QED) is 0.393. The van der Waals surface area contributed by atoms with E-state index in [0.29, 0.717) is 24.5 Å². The van der Waals surface area contributed by atoms with Crippen molar-refractivity contribution >= 4 is 35.7 Å². The van der Waals surface area contributed by atoms with E-state index in [2.05, 4.69) is 20.0 Å². The lowest BCUT2D eigenvalue weighted by atomic mass is 10.2. The third-order valence-electron chi connectivity index (χ3n) is 2.62. The molecule has 1 aromatic carbocycles. The molecule has 0 spiro atoms. The summed E-state index contributed by atoms with van der Waals surface area (Å²) in [4.78, 5) is 52.4. The van der Waals surface area contributed by atoms with Crippen LogP contribution >= 0.6 is 0 Å². The summed E-state index contributed by atoms with van der Waals surface area (Å²) in [6, 6.07) is 6.23.